The van der Waals surface area contributed by atoms with Crippen molar-refractivity contribution in [1.82, 2.24) is 0 Å². The molecule has 4 heteroatoms. The fourth-order valence-electron chi connectivity index (χ4n) is 1.64. The largest absolute Gasteiger partial charge is 0.207 e. The fourth-order valence-corrected chi connectivity index (χ4v) is 1.80. The van der Waals surface area contributed by atoms with Gasteiger partial charge in [-0.3, -0.25) is 0 Å². The van der Waals surface area contributed by atoms with Crippen LogP contribution in [0.15, 0.2) is 42.5 Å². The Bertz CT molecular complexity index is 687. The Morgan fingerprint density at radius 3 is 2.58 bits per heavy atom. The molecule has 0 bridgehead atoms. The number of allylic oxidation sites excluding steroid dienone is 1. The Balaban J connectivity index is 2.48. The quantitative estimate of drug-likeness (QED) is 0.576. The van der Waals surface area contributed by atoms with Crippen molar-refractivity contribution in [3.8, 4) is 6.07 Å². The van der Waals surface area contributed by atoms with Crippen LogP contribution in [0.3, 0.4) is 0 Å². The molecule has 0 amide bonds. The average molecular weight is 276 g/mol. The molecule has 0 spiro atoms. The first kappa shape index (κ1) is 13.3. The molecule has 0 aromatic heterocycles. The van der Waals surface area contributed by atoms with Gasteiger partial charge in [0.25, 0.3) is 0 Å². The Kier molecular flexibility index (Phi) is 3.94. The highest BCUT2D eigenvalue weighted by atomic mass is 35.5. The minimum absolute atomic E-state index is 0.111. The van der Waals surface area contributed by atoms with Crippen LogP contribution in [0.1, 0.15) is 11.1 Å². The van der Waals surface area contributed by atoms with Gasteiger partial charge in [0.15, 0.2) is 0 Å². The molecule has 0 radical (unpaired) electrons. The summed E-state index contributed by atoms with van der Waals surface area (Å²) in [6.45, 7) is 0. The van der Waals surface area contributed by atoms with Gasteiger partial charge in [0.1, 0.15) is 11.6 Å². The molecular weight excluding hydrogens is 268 g/mol. The van der Waals surface area contributed by atoms with Crippen LogP contribution in [0, 0.1) is 23.0 Å². The lowest BCUT2D eigenvalue weighted by Crippen LogP contribution is -1.88. The van der Waals surface area contributed by atoms with Gasteiger partial charge in [-0.15, -0.1) is 0 Å². The molecule has 94 valence electrons. The highest BCUT2D eigenvalue weighted by Crippen LogP contribution is 2.23. The van der Waals surface area contributed by atoms with Crippen LogP contribution in [0.5, 0.6) is 0 Å². The molecule has 0 atom stereocenters. The number of rotatable bonds is 2. The van der Waals surface area contributed by atoms with Crippen LogP contribution >= 0.6 is 11.6 Å². The van der Waals surface area contributed by atoms with Gasteiger partial charge in [0.2, 0.25) is 0 Å². The maximum absolute atomic E-state index is 13.7. The predicted molar refractivity (Wildman–Crippen MR) is 71.3 cm³/mol. The molecule has 0 aliphatic rings. The molecule has 1 nitrogen and oxygen atoms in total. The molecule has 19 heavy (non-hydrogen) atoms. The second-order valence-corrected chi connectivity index (χ2v) is 4.29. The lowest BCUT2D eigenvalue weighted by molar-refractivity contribution is 0.624. The van der Waals surface area contributed by atoms with Gasteiger partial charge in [-0.2, -0.15) is 5.26 Å². The third-order valence-corrected chi connectivity index (χ3v) is 2.74. The monoisotopic (exact) mass is 275 g/mol. The van der Waals surface area contributed by atoms with Gasteiger partial charge in [0, 0.05) is 10.6 Å². The van der Waals surface area contributed by atoms with E-state index in [4.69, 9.17) is 16.9 Å². The zero-order valence-corrected chi connectivity index (χ0v) is 10.5. The van der Waals surface area contributed by atoms with Gasteiger partial charge >= 0.3 is 0 Å². The first-order chi connectivity index (χ1) is 9.10. The Labute approximate surface area is 114 Å². The van der Waals surface area contributed by atoms with Gasteiger partial charge in [0.05, 0.1) is 11.6 Å². The standard InChI is InChI=1S/C15H8ClF2N/c16-12-4-5-14(15(18)8-12)11(9-19)6-10-2-1-3-13(17)7-10/h1-8H. The number of hydrogen-bond acceptors (Lipinski definition) is 1. The van der Waals surface area contributed by atoms with Crippen molar-refractivity contribution < 1.29 is 8.78 Å². The minimum Gasteiger partial charge on any atom is -0.207 e. The predicted octanol–water partition coefficient (Wildman–Crippen LogP) is 4.68. The molecule has 0 aliphatic heterocycles. The molecule has 0 heterocycles. The molecule has 2 aromatic carbocycles. The van der Waals surface area contributed by atoms with Gasteiger partial charge in [-0.05, 0) is 42.0 Å². The first-order valence-electron chi connectivity index (χ1n) is 5.43. The van der Waals surface area contributed by atoms with Crippen molar-refractivity contribution in [2.45, 2.75) is 0 Å². The van der Waals surface area contributed by atoms with Gasteiger partial charge < -0.3 is 0 Å². The van der Waals surface area contributed by atoms with E-state index in [0.29, 0.717) is 5.56 Å². The van der Waals surface area contributed by atoms with Crippen LogP contribution in [0.2, 0.25) is 5.02 Å². The second kappa shape index (κ2) is 5.64. The molecule has 2 rings (SSSR count). The van der Waals surface area contributed by atoms with E-state index in [0.717, 1.165) is 6.07 Å². The summed E-state index contributed by atoms with van der Waals surface area (Å²) in [7, 11) is 0. The maximum atomic E-state index is 13.7. The summed E-state index contributed by atoms with van der Waals surface area (Å²) in [5.74, 6) is -1.00. The first-order valence-corrected chi connectivity index (χ1v) is 5.81. The van der Waals surface area contributed by atoms with Crippen molar-refractivity contribution in [3.63, 3.8) is 0 Å². The number of halogens is 3. The third-order valence-electron chi connectivity index (χ3n) is 2.50. The lowest BCUT2D eigenvalue weighted by Gasteiger charge is -2.02. The molecule has 0 saturated carbocycles. The Morgan fingerprint density at radius 2 is 1.95 bits per heavy atom. The number of benzene rings is 2. The van der Waals surface area contributed by atoms with E-state index in [-0.39, 0.29) is 16.2 Å². The summed E-state index contributed by atoms with van der Waals surface area (Å²) in [5, 5.41) is 9.35. The molecule has 0 saturated heterocycles. The SMILES string of the molecule is N#CC(=Cc1cccc(F)c1)c1ccc(Cl)cc1F. The van der Waals surface area contributed by atoms with E-state index < -0.39 is 11.6 Å². The highest BCUT2D eigenvalue weighted by Gasteiger charge is 2.08. The van der Waals surface area contributed by atoms with Crippen LogP contribution in [0.4, 0.5) is 8.78 Å². The third kappa shape index (κ3) is 3.18. The van der Waals surface area contributed by atoms with Crippen LogP contribution in [-0.2, 0) is 0 Å². The maximum Gasteiger partial charge on any atom is 0.133 e. The molecule has 0 N–H and O–H groups in total. The van der Waals surface area contributed by atoms with Crippen LogP contribution < -0.4 is 0 Å². The van der Waals surface area contributed by atoms with Crippen molar-refractivity contribution in [2.75, 3.05) is 0 Å². The Morgan fingerprint density at radius 1 is 1.16 bits per heavy atom. The van der Waals surface area contributed by atoms with Gasteiger partial charge in [-0.25, -0.2) is 8.78 Å². The summed E-state index contributed by atoms with van der Waals surface area (Å²) in [5.41, 5.74) is 0.738. The zero-order chi connectivity index (χ0) is 13.8. The van der Waals surface area contributed by atoms with Crippen molar-refractivity contribution >= 4 is 23.3 Å². The van der Waals surface area contributed by atoms with Crippen molar-refractivity contribution in [2.24, 2.45) is 0 Å². The van der Waals surface area contributed by atoms with E-state index in [1.165, 1.54) is 36.4 Å². The topological polar surface area (TPSA) is 23.8 Å². The summed E-state index contributed by atoms with van der Waals surface area (Å²) in [6.07, 6.45) is 1.43. The zero-order valence-electron chi connectivity index (χ0n) is 9.70. The van der Waals surface area contributed by atoms with E-state index in [9.17, 15) is 8.78 Å². The molecule has 0 aliphatic carbocycles. The summed E-state index contributed by atoms with van der Waals surface area (Å²) in [6, 6.07) is 11.7. The lowest BCUT2D eigenvalue weighted by atomic mass is 10.0. The molecular formula is C15H8ClF2N. The van der Waals surface area contributed by atoms with E-state index >= 15 is 0 Å². The van der Waals surface area contributed by atoms with Gasteiger partial charge in [-0.1, -0.05) is 23.7 Å². The van der Waals surface area contributed by atoms with Crippen molar-refractivity contribution in [3.05, 3.63) is 70.2 Å². The summed E-state index contributed by atoms with van der Waals surface area (Å²) in [4.78, 5) is 0. The Hall–Kier alpha value is -2.18. The smallest absolute Gasteiger partial charge is 0.133 e. The molecule has 0 fully saturated rings. The van der Waals surface area contributed by atoms with E-state index in [2.05, 4.69) is 0 Å². The number of nitrogens with zero attached hydrogens (tertiary/aromatic N) is 1. The van der Waals surface area contributed by atoms with Crippen molar-refractivity contribution in [1.29, 1.82) is 5.26 Å². The molecule has 0 unspecified atom stereocenters. The normalized spacial score (nSPS) is 11.2. The number of hydrogen-bond donors (Lipinski definition) is 0. The van der Waals surface area contributed by atoms with E-state index in [1.54, 1.807) is 6.07 Å². The average Bonchev–Trinajstić information content (AvgIpc) is 2.37. The summed E-state index contributed by atoms with van der Waals surface area (Å²) < 4.78 is 26.8. The van der Waals surface area contributed by atoms with E-state index in [1.807, 2.05) is 6.07 Å². The highest BCUT2D eigenvalue weighted by molar-refractivity contribution is 6.30. The van der Waals surface area contributed by atoms with Crippen LogP contribution in [0.25, 0.3) is 11.6 Å². The minimum atomic E-state index is -0.586. The van der Waals surface area contributed by atoms with Crippen LogP contribution in [-0.4, -0.2) is 0 Å². The fraction of sp³-hybridized carbons (Fsp3) is 0. The summed E-state index contributed by atoms with van der Waals surface area (Å²) >= 11 is 5.65. The second-order valence-electron chi connectivity index (χ2n) is 3.85. The molecule has 2 aromatic rings. The number of nitriles is 1.